The van der Waals surface area contributed by atoms with E-state index in [4.69, 9.17) is 23.2 Å². The van der Waals surface area contributed by atoms with Gasteiger partial charge in [-0.25, -0.2) is 0 Å². The van der Waals surface area contributed by atoms with Crippen LogP contribution in [0.4, 0.5) is 0 Å². The molecule has 1 aromatic carbocycles. The number of hydrogen-bond donors (Lipinski definition) is 3. The van der Waals surface area contributed by atoms with Gasteiger partial charge in [-0.15, -0.1) is 0 Å². The monoisotopic (exact) mass is 479 g/mol. The molecule has 4 saturated carbocycles. The Bertz CT molecular complexity index is 882. The fourth-order valence-electron chi connectivity index (χ4n) is 6.34. The van der Waals surface area contributed by atoms with Gasteiger partial charge in [0.2, 0.25) is 5.91 Å². The van der Waals surface area contributed by atoms with E-state index in [9.17, 15) is 14.4 Å². The Labute approximate surface area is 199 Å². The van der Waals surface area contributed by atoms with Crippen LogP contribution in [0.2, 0.25) is 10.0 Å². The van der Waals surface area contributed by atoms with Gasteiger partial charge in [0.25, 0.3) is 11.8 Å². The van der Waals surface area contributed by atoms with Crippen LogP contribution in [-0.2, 0) is 9.59 Å². The molecule has 4 fully saturated rings. The molecule has 5 rings (SSSR count). The van der Waals surface area contributed by atoms with Crippen LogP contribution in [0.1, 0.15) is 69.2 Å². The average Bonchev–Trinajstić information content (AvgIpc) is 2.69. The molecule has 1 aromatic rings. The van der Waals surface area contributed by atoms with Crippen molar-refractivity contribution in [3.05, 3.63) is 33.8 Å². The summed E-state index contributed by atoms with van der Waals surface area (Å²) in [4.78, 5) is 38.8. The Morgan fingerprint density at radius 1 is 1.00 bits per heavy atom. The summed E-state index contributed by atoms with van der Waals surface area (Å²) in [5.74, 6) is 1.10. The Hall–Kier alpha value is -1.79. The van der Waals surface area contributed by atoms with Crippen LogP contribution in [0.3, 0.4) is 0 Å². The Kier molecular flexibility index (Phi) is 6.73. The average molecular weight is 480 g/mol. The highest BCUT2D eigenvalue weighted by atomic mass is 35.5. The molecule has 6 nitrogen and oxygen atoms in total. The molecule has 32 heavy (non-hydrogen) atoms. The van der Waals surface area contributed by atoms with Gasteiger partial charge in [0.05, 0.1) is 16.0 Å². The second-order valence-corrected chi connectivity index (χ2v) is 11.3. The number of benzene rings is 1. The lowest BCUT2D eigenvalue weighted by molar-refractivity contribution is -0.149. The maximum atomic E-state index is 13.1. The first kappa shape index (κ1) is 23.4. The lowest BCUT2D eigenvalue weighted by Crippen LogP contribution is -2.59. The molecule has 3 N–H and O–H groups in total. The maximum absolute atomic E-state index is 13.1. The summed E-state index contributed by atoms with van der Waals surface area (Å²) in [5.41, 5.74) is 5.17. The van der Waals surface area contributed by atoms with Gasteiger partial charge in [0.15, 0.2) is 0 Å². The number of nitrogens with one attached hydrogen (secondary N) is 3. The van der Waals surface area contributed by atoms with Gasteiger partial charge in [0.1, 0.15) is 6.04 Å². The molecule has 1 atom stereocenters. The van der Waals surface area contributed by atoms with Gasteiger partial charge >= 0.3 is 0 Å². The first-order valence-corrected chi connectivity index (χ1v) is 12.3. The zero-order chi connectivity index (χ0) is 23.0. The third kappa shape index (κ3) is 4.91. The summed E-state index contributed by atoms with van der Waals surface area (Å²) in [6, 6.07) is 3.79. The number of carbonyl (C=O) groups is 3. The van der Waals surface area contributed by atoms with Gasteiger partial charge in [-0.3, -0.25) is 25.2 Å². The fraction of sp³-hybridized carbons (Fsp3) is 0.625. The molecule has 4 aliphatic rings. The van der Waals surface area contributed by atoms with E-state index in [2.05, 4.69) is 16.2 Å². The summed E-state index contributed by atoms with van der Waals surface area (Å²) in [7, 11) is 0. The van der Waals surface area contributed by atoms with Crippen molar-refractivity contribution in [2.24, 2.45) is 29.1 Å². The number of hydrogen-bond acceptors (Lipinski definition) is 3. The van der Waals surface area contributed by atoms with E-state index in [1.165, 1.54) is 31.4 Å². The molecule has 0 heterocycles. The lowest BCUT2D eigenvalue weighted by atomic mass is 9.49. The molecule has 0 aliphatic heterocycles. The van der Waals surface area contributed by atoms with Crippen molar-refractivity contribution >= 4 is 40.9 Å². The van der Waals surface area contributed by atoms with Crippen molar-refractivity contribution in [3.63, 3.8) is 0 Å². The van der Waals surface area contributed by atoms with Crippen LogP contribution in [0.15, 0.2) is 18.2 Å². The van der Waals surface area contributed by atoms with Gasteiger partial charge in [-0.2, -0.15) is 0 Å². The quantitative estimate of drug-likeness (QED) is 0.524. The van der Waals surface area contributed by atoms with E-state index in [1.54, 1.807) is 6.07 Å². The number of rotatable bonds is 6. The molecule has 0 radical (unpaired) electrons. The van der Waals surface area contributed by atoms with Gasteiger partial charge in [0, 0.05) is 5.02 Å². The van der Waals surface area contributed by atoms with Gasteiger partial charge in [-0.1, -0.05) is 37.0 Å². The van der Waals surface area contributed by atoms with Crippen LogP contribution in [0.25, 0.3) is 0 Å². The number of amides is 3. The Morgan fingerprint density at radius 3 is 2.12 bits per heavy atom. The van der Waals surface area contributed by atoms with Gasteiger partial charge in [-0.05, 0) is 86.8 Å². The molecule has 3 amide bonds. The van der Waals surface area contributed by atoms with E-state index < -0.39 is 17.9 Å². The first-order chi connectivity index (χ1) is 15.1. The van der Waals surface area contributed by atoms with Crippen molar-refractivity contribution in [3.8, 4) is 0 Å². The Morgan fingerprint density at radius 2 is 1.59 bits per heavy atom. The summed E-state index contributed by atoms with van der Waals surface area (Å²) in [5, 5.41) is 3.40. The molecule has 0 spiro atoms. The second kappa shape index (κ2) is 9.22. The summed E-state index contributed by atoms with van der Waals surface area (Å²) in [6.45, 7) is 3.94. The van der Waals surface area contributed by atoms with Crippen molar-refractivity contribution in [1.29, 1.82) is 0 Å². The van der Waals surface area contributed by atoms with Crippen molar-refractivity contribution in [2.45, 2.75) is 64.8 Å². The largest absolute Gasteiger partial charge is 0.340 e. The predicted molar refractivity (Wildman–Crippen MR) is 124 cm³/mol. The normalized spacial score (nSPS) is 29.0. The molecular weight excluding hydrogens is 449 g/mol. The second-order valence-electron chi connectivity index (χ2n) is 10.4. The molecule has 8 heteroatoms. The van der Waals surface area contributed by atoms with Crippen molar-refractivity contribution < 1.29 is 14.4 Å². The molecule has 0 saturated heterocycles. The van der Waals surface area contributed by atoms with Crippen LogP contribution in [0.5, 0.6) is 0 Å². The van der Waals surface area contributed by atoms with Crippen molar-refractivity contribution in [1.82, 2.24) is 16.2 Å². The topological polar surface area (TPSA) is 87.3 Å². The minimum atomic E-state index is -0.800. The third-order valence-electron chi connectivity index (χ3n) is 7.32. The summed E-state index contributed by atoms with van der Waals surface area (Å²) < 4.78 is 0. The third-order valence-corrected chi connectivity index (χ3v) is 7.87. The molecule has 0 unspecified atom stereocenters. The van der Waals surface area contributed by atoms with E-state index in [1.807, 2.05) is 13.8 Å². The van der Waals surface area contributed by atoms with E-state index in [-0.39, 0.29) is 27.8 Å². The molecule has 174 valence electrons. The zero-order valence-corrected chi connectivity index (χ0v) is 20.1. The number of halogens is 2. The Balaban J connectivity index is 1.39. The van der Waals surface area contributed by atoms with E-state index in [0.29, 0.717) is 29.2 Å². The summed E-state index contributed by atoms with van der Waals surface area (Å²) in [6.07, 6.45) is 6.92. The van der Waals surface area contributed by atoms with E-state index >= 15 is 0 Å². The van der Waals surface area contributed by atoms with Crippen LogP contribution in [0, 0.1) is 29.1 Å². The zero-order valence-electron chi connectivity index (χ0n) is 18.5. The van der Waals surface area contributed by atoms with Crippen LogP contribution < -0.4 is 16.2 Å². The van der Waals surface area contributed by atoms with Crippen LogP contribution in [-0.4, -0.2) is 23.8 Å². The van der Waals surface area contributed by atoms with Crippen LogP contribution >= 0.6 is 23.2 Å². The standard InChI is InChI=1S/C24H31Cl2N3O3/c1-13(2)5-20(27-21(30)18-4-3-17(25)9-19(18)26)22(31)28-29-23(32)24-10-14-6-15(11-24)8-16(7-14)12-24/h3-4,9,13-16,20H,5-8,10-12H2,1-2H3,(H,27,30)(H,28,31)(H,29,32)/t14?,15?,16?,20-,24?/m1/s1. The first-order valence-electron chi connectivity index (χ1n) is 11.5. The maximum Gasteiger partial charge on any atom is 0.260 e. The molecule has 0 aromatic heterocycles. The molecular formula is C24H31Cl2N3O3. The highest BCUT2D eigenvalue weighted by molar-refractivity contribution is 6.36. The van der Waals surface area contributed by atoms with Crippen molar-refractivity contribution in [2.75, 3.05) is 0 Å². The molecule has 4 bridgehead atoms. The smallest absolute Gasteiger partial charge is 0.260 e. The highest BCUT2D eigenvalue weighted by Crippen LogP contribution is 2.60. The predicted octanol–water partition coefficient (Wildman–Crippen LogP) is 4.50. The fourth-order valence-corrected chi connectivity index (χ4v) is 6.83. The highest BCUT2D eigenvalue weighted by Gasteiger charge is 2.54. The number of carbonyl (C=O) groups excluding carboxylic acids is 3. The minimum absolute atomic E-state index is 0.0830. The van der Waals surface area contributed by atoms with Gasteiger partial charge < -0.3 is 5.32 Å². The SMILES string of the molecule is CC(C)C[C@@H](NC(=O)c1ccc(Cl)cc1Cl)C(=O)NNC(=O)C12CC3CC(CC(C3)C1)C2. The number of hydrazine groups is 1. The lowest BCUT2D eigenvalue weighted by Gasteiger charge is -2.55. The molecule has 4 aliphatic carbocycles. The minimum Gasteiger partial charge on any atom is -0.340 e. The van der Waals surface area contributed by atoms with E-state index in [0.717, 1.165) is 19.3 Å². The summed E-state index contributed by atoms with van der Waals surface area (Å²) >= 11 is 12.1.